The van der Waals surface area contributed by atoms with Crippen LogP contribution >= 0.6 is 0 Å². The van der Waals surface area contributed by atoms with Gasteiger partial charge in [-0.1, -0.05) is 95.3 Å². The lowest BCUT2D eigenvalue weighted by Gasteiger charge is -2.37. The Morgan fingerprint density at radius 3 is 2.32 bits per heavy atom. The van der Waals surface area contributed by atoms with Crippen LogP contribution in [0.4, 0.5) is 10.5 Å². The predicted molar refractivity (Wildman–Crippen MR) is 167 cm³/mol. The van der Waals surface area contributed by atoms with Crippen molar-refractivity contribution in [3.8, 4) is 0 Å². The highest BCUT2D eigenvalue weighted by molar-refractivity contribution is 5.93. The van der Waals surface area contributed by atoms with E-state index in [1.54, 1.807) is 5.01 Å². The van der Waals surface area contributed by atoms with Crippen LogP contribution in [-0.2, 0) is 17.6 Å². The number of anilines is 1. The normalized spacial score (nSPS) is 15.5. The molecule has 0 aliphatic heterocycles. The van der Waals surface area contributed by atoms with Crippen LogP contribution in [0.3, 0.4) is 0 Å². The number of amides is 3. The van der Waals surface area contributed by atoms with E-state index < -0.39 is 6.03 Å². The standard InChI is InChI=1S/C35H42N4O2/c1-22(2)27-16-11-17-28(23(3)4)33(27)37-35(41)38-39(32-19-10-13-25-12-6-7-15-30(25)32)34(40)24(5)20-26-21-36-31-18-9-8-14-29(26)31/h6-9,11-12,14-18,21-24,32,36H,10,13,19-20H2,1-5H3,(H2,37,38,41). The number of fused-ring (bicyclic) bond motifs is 2. The summed E-state index contributed by atoms with van der Waals surface area (Å²) in [7, 11) is 0. The average molecular weight is 551 g/mol. The molecule has 0 fully saturated rings. The minimum absolute atomic E-state index is 0.0895. The molecule has 0 radical (unpaired) electrons. The zero-order valence-electron chi connectivity index (χ0n) is 24.8. The Bertz CT molecular complexity index is 1510. The largest absolute Gasteiger partial charge is 0.361 e. The van der Waals surface area contributed by atoms with E-state index in [2.05, 4.69) is 79.8 Å². The maximum Gasteiger partial charge on any atom is 0.338 e. The topological polar surface area (TPSA) is 77.2 Å². The molecule has 2 unspecified atom stereocenters. The molecular weight excluding hydrogens is 508 g/mol. The Balaban J connectivity index is 1.45. The third kappa shape index (κ3) is 6.02. The molecule has 3 N–H and O–H groups in total. The number of hydrogen-bond acceptors (Lipinski definition) is 2. The van der Waals surface area contributed by atoms with Crippen molar-refractivity contribution < 1.29 is 9.59 Å². The highest BCUT2D eigenvalue weighted by Gasteiger charge is 2.33. The maximum atomic E-state index is 14.2. The van der Waals surface area contributed by atoms with Crippen LogP contribution in [0.15, 0.2) is 72.9 Å². The van der Waals surface area contributed by atoms with E-state index in [0.29, 0.717) is 6.42 Å². The third-order valence-electron chi connectivity index (χ3n) is 8.34. The molecular formula is C35H42N4O2. The van der Waals surface area contributed by atoms with Gasteiger partial charge in [0.1, 0.15) is 0 Å². The molecule has 1 heterocycles. The minimum atomic E-state index is -0.393. The number of carbonyl (C=O) groups excluding carboxylic acids is 2. The lowest BCUT2D eigenvalue weighted by atomic mass is 9.86. The van der Waals surface area contributed by atoms with Crippen molar-refractivity contribution in [2.45, 2.75) is 78.2 Å². The molecule has 4 aromatic rings. The summed E-state index contributed by atoms with van der Waals surface area (Å²) in [6, 6.07) is 22.0. The Morgan fingerprint density at radius 2 is 1.59 bits per heavy atom. The number of aryl methyl sites for hydroxylation is 1. The fraction of sp³-hybridized carbons (Fsp3) is 0.371. The number of aromatic nitrogens is 1. The van der Waals surface area contributed by atoms with Gasteiger partial charge in [-0.2, -0.15) is 0 Å². The number of H-pyrrole nitrogens is 1. The maximum absolute atomic E-state index is 14.2. The second-order valence-electron chi connectivity index (χ2n) is 12.0. The number of carbonyl (C=O) groups is 2. The highest BCUT2D eigenvalue weighted by atomic mass is 16.2. The van der Waals surface area contributed by atoms with Crippen LogP contribution in [0.1, 0.15) is 93.2 Å². The first-order valence-corrected chi connectivity index (χ1v) is 14.9. The zero-order valence-corrected chi connectivity index (χ0v) is 24.8. The first-order chi connectivity index (χ1) is 19.7. The van der Waals surface area contributed by atoms with Gasteiger partial charge in [-0.25, -0.2) is 15.2 Å². The molecule has 1 aliphatic carbocycles. The molecule has 3 aromatic carbocycles. The van der Waals surface area contributed by atoms with E-state index in [-0.39, 0.29) is 29.7 Å². The molecule has 6 nitrogen and oxygen atoms in total. The van der Waals surface area contributed by atoms with Gasteiger partial charge in [-0.05, 0) is 71.4 Å². The van der Waals surface area contributed by atoms with Crippen LogP contribution in [0.5, 0.6) is 0 Å². The van der Waals surface area contributed by atoms with Crippen molar-refractivity contribution >= 4 is 28.5 Å². The lowest BCUT2D eigenvalue weighted by Crippen LogP contribution is -2.52. The Kier molecular flexibility index (Phi) is 8.48. The molecule has 0 bridgehead atoms. The number of nitrogens with one attached hydrogen (secondary N) is 3. The van der Waals surface area contributed by atoms with E-state index >= 15 is 0 Å². The number of hydrazine groups is 1. The van der Waals surface area contributed by atoms with Crippen LogP contribution in [0, 0.1) is 5.92 Å². The van der Waals surface area contributed by atoms with Crippen molar-refractivity contribution in [1.82, 2.24) is 15.4 Å². The van der Waals surface area contributed by atoms with Gasteiger partial charge < -0.3 is 10.3 Å². The van der Waals surface area contributed by atoms with Crippen LogP contribution < -0.4 is 10.7 Å². The fourth-order valence-corrected chi connectivity index (χ4v) is 6.18. The van der Waals surface area contributed by atoms with Crippen LogP contribution in [0.2, 0.25) is 0 Å². The van der Waals surface area contributed by atoms with Gasteiger partial charge in [0.15, 0.2) is 0 Å². The van der Waals surface area contributed by atoms with Gasteiger partial charge in [0, 0.05) is 28.7 Å². The van der Waals surface area contributed by atoms with E-state index in [1.165, 1.54) is 5.56 Å². The molecule has 5 rings (SSSR count). The molecule has 1 aliphatic rings. The number of nitrogens with zero attached hydrogens (tertiary/aromatic N) is 1. The summed E-state index contributed by atoms with van der Waals surface area (Å²) in [6.07, 6.45) is 5.29. The Morgan fingerprint density at radius 1 is 0.902 bits per heavy atom. The molecule has 6 heteroatoms. The summed E-state index contributed by atoms with van der Waals surface area (Å²) in [5.74, 6) is 0.0532. The molecule has 2 atom stereocenters. The molecule has 0 saturated carbocycles. The molecule has 214 valence electrons. The molecule has 3 amide bonds. The number of aromatic amines is 1. The van der Waals surface area contributed by atoms with E-state index in [4.69, 9.17) is 0 Å². The summed E-state index contributed by atoms with van der Waals surface area (Å²) in [5.41, 5.74) is 10.5. The lowest BCUT2D eigenvalue weighted by molar-refractivity contribution is -0.140. The summed E-state index contributed by atoms with van der Waals surface area (Å²) < 4.78 is 0. The fourth-order valence-electron chi connectivity index (χ4n) is 6.18. The number of hydrogen-bond donors (Lipinski definition) is 3. The van der Waals surface area contributed by atoms with Crippen LogP contribution in [-0.4, -0.2) is 21.9 Å². The van der Waals surface area contributed by atoms with Gasteiger partial charge in [-0.3, -0.25) is 4.79 Å². The number of rotatable bonds is 7. The Hall–Kier alpha value is -4.06. The smallest absolute Gasteiger partial charge is 0.338 e. The van der Waals surface area contributed by atoms with Gasteiger partial charge >= 0.3 is 6.03 Å². The first-order valence-electron chi connectivity index (χ1n) is 14.9. The summed E-state index contributed by atoms with van der Waals surface area (Å²) in [6.45, 7) is 10.5. The second kappa shape index (κ2) is 12.2. The monoisotopic (exact) mass is 550 g/mol. The molecule has 0 saturated heterocycles. The second-order valence-corrected chi connectivity index (χ2v) is 12.0. The zero-order chi connectivity index (χ0) is 29.1. The van der Waals surface area contributed by atoms with Crippen LogP contribution in [0.25, 0.3) is 10.9 Å². The minimum Gasteiger partial charge on any atom is -0.361 e. The van der Waals surface area contributed by atoms with Crippen molar-refractivity contribution in [1.29, 1.82) is 0 Å². The van der Waals surface area contributed by atoms with Crippen molar-refractivity contribution in [2.75, 3.05) is 5.32 Å². The summed E-state index contributed by atoms with van der Waals surface area (Å²) in [4.78, 5) is 31.3. The molecule has 41 heavy (non-hydrogen) atoms. The Labute approximate surface area is 243 Å². The van der Waals surface area contributed by atoms with Crippen molar-refractivity contribution in [3.63, 3.8) is 0 Å². The number of para-hydroxylation sites is 2. The van der Waals surface area contributed by atoms with Crippen molar-refractivity contribution in [3.05, 3.63) is 101 Å². The van der Waals surface area contributed by atoms with Crippen molar-refractivity contribution in [2.24, 2.45) is 5.92 Å². The predicted octanol–water partition coefficient (Wildman–Crippen LogP) is 8.24. The van der Waals surface area contributed by atoms with Gasteiger partial charge in [0.2, 0.25) is 5.91 Å². The average Bonchev–Trinajstić information content (AvgIpc) is 3.37. The number of urea groups is 1. The highest BCUT2D eigenvalue weighted by Crippen LogP contribution is 2.36. The van der Waals surface area contributed by atoms with E-state index in [0.717, 1.165) is 58.1 Å². The van der Waals surface area contributed by atoms with Gasteiger partial charge in [-0.15, -0.1) is 0 Å². The third-order valence-corrected chi connectivity index (χ3v) is 8.34. The first kappa shape index (κ1) is 28.5. The number of benzene rings is 3. The van der Waals surface area contributed by atoms with E-state index in [1.807, 2.05) is 43.5 Å². The summed E-state index contributed by atoms with van der Waals surface area (Å²) >= 11 is 0. The molecule has 0 spiro atoms. The van der Waals surface area contributed by atoms with Gasteiger partial charge in [0.05, 0.1) is 6.04 Å². The van der Waals surface area contributed by atoms with E-state index in [9.17, 15) is 9.59 Å². The molecule has 1 aromatic heterocycles. The van der Waals surface area contributed by atoms with Gasteiger partial charge in [0.25, 0.3) is 0 Å². The summed E-state index contributed by atoms with van der Waals surface area (Å²) in [5, 5.41) is 5.88. The SMILES string of the molecule is CC(Cc1c[nH]c2ccccc12)C(=O)N(NC(=O)Nc1c(C(C)C)cccc1C(C)C)C1CCCc2ccccc21. The quantitative estimate of drug-likeness (QED) is 0.203.